The highest BCUT2D eigenvalue weighted by atomic mass is 19.1. The van der Waals surface area contributed by atoms with Crippen LogP contribution < -0.4 is 10.2 Å². The minimum Gasteiger partial charge on any atom is -0.497 e. The Morgan fingerprint density at radius 3 is 2.63 bits per heavy atom. The van der Waals surface area contributed by atoms with Gasteiger partial charge in [-0.2, -0.15) is 9.87 Å². The fourth-order valence-corrected chi connectivity index (χ4v) is 3.37. The number of methoxy groups -OCH3 is 1. The molecule has 1 N–H and O–H groups in total. The number of hydroxylamine groups is 1. The van der Waals surface area contributed by atoms with Crippen LogP contribution in [0.3, 0.4) is 0 Å². The number of halogens is 1. The normalized spacial score (nSPS) is 17.6. The van der Waals surface area contributed by atoms with Gasteiger partial charge in [-0.1, -0.05) is 30.3 Å². The first-order valence-corrected chi connectivity index (χ1v) is 9.09. The van der Waals surface area contributed by atoms with Crippen LogP contribution in [0.5, 0.6) is 5.75 Å². The predicted octanol–water partition coefficient (Wildman–Crippen LogP) is 3.20. The molecule has 0 aliphatic carbocycles. The Bertz CT molecular complexity index is 1070. The lowest BCUT2D eigenvalue weighted by Gasteiger charge is -2.26. The zero-order valence-corrected chi connectivity index (χ0v) is 16.0. The van der Waals surface area contributed by atoms with E-state index in [4.69, 9.17) is 9.47 Å². The Hall–Kier alpha value is -3.94. The van der Waals surface area contributed by atoms with E-state index in [-0.39, 0.29) is 19.1 Å². The fourth-order valence-electron chi connectivity index (χ4n) is 3.37. The molecule has 1 aliphatic rings. The Labute approximate surface area is 172 Å². The molecule has 4 rings (SSSR count). The van der Waals surface area contributed by atoms with Gasteiger partial charge in [0, 0.05) is 11.8 Å². The molecule has 1 aliphatic heterocycles. The van der Waals surface area contributed by atoms with Crippen molar-refractivity contribution in [3.63, 3.8) is 0 Å². The molecule has 8 heteroatoms. The van der Waals surface area contributed by atoms with E-state index in [1.807, 2.05) is 48.5 Å². The van der Waals surface area contributed by atoms with Gasteiger partial charge in [0.2, 0.25) is 5.95 Å². The lowest BCUT2D eigenvalue weighted by atomic mass is 9.83. The topological polar surface area (TPSA) is 82.0 Å². The van der Waals surface area contributed by atoms with Crippen molar-refractivity contribution in [1.29, 1.82) is 0 Å². The number of nitrogens with one attached hydrogen (secondary N) is 1. The molecule has 30 heavy (non-hydrogen) atoms. The quantitative estimate of drug-likeness (QED) is 0.384. The summed E-state index contributed by atoms with van der Waals surface area (Å²) >= 11 is 0. The number of hydrogen-bond acceptors (Lipinski definition) is 7. The van der Waals surface area contributed by atoms with E-state index in [0.29, 0.717) is 5.75 Å². The van der Waals surface area contributed by atoms with Crippen LogP contribution >= 0.6 is 0 Å². The predicted molar refractivity (Wildman–Crippen MR) is 107 cm³/mol. The van der Waals surface area contributed by atoms with Gasteiger partial charge >= 0.3 is 12.5 Å². The first kappa shape index (κ1) is 19.4. The SMILES string of the molecule is COc1ccc(C2(c3cccc(-c4ccc(F)nc4)c3)COC(NOC=O)=N2)cc1. The number of nitrogens with zero attached hydrogens (tertiary/aromatic N) is 2. The minimum atomic E-state index is -0.885. The molecule has 0 radical (unpaired) electrons. The molecule has 0 saturated heterocycles. The molecule has 0 amide bonds. The minimum absolute atomic E-state index is 0.0896. The standard InChI is InChI=1S/C22H18FN3O4/c1-28-19-8-6-17(7-9-19)22(13-29-21(25-22)26-30-14-27)18-4-2-3-15(11-18)16-5-10-20(23)24-12-16/h2-12,14H,13H2,1H3,(H,25,26). The lowest BCUT2D eigenvalue weighted by Crippen LogP contribution is -2.27. The maximum atomic E-state index is 13.2. The number of aliphatic imine (C=N–C) groups is 1. The van der Waals surface area contributed by atoms with Crippen molar-refractivity contribution in [2.45, 2.75) is 5.54 Å². The number of carbonyl (C=O) groups excluding carboxylic acids is 1. The van der Waals surface area contributed by atoms with Gasteiger partial charge in [0.25, 0.3) is 0 Å². The van der Waals surface area contributed by atoms with E-state index in [0.717, 1.165) is 22.3 Å². The first-order valence-electron chi connectivity index (χ1n) is 9.09. The molecule has 1 aromatic heterocycles. The maximum Gasteiger partial charge on any atom is 0.320 e. The molecule has 0 fully saturated rings. The molecule has 0 spiro atoms. The number of amidine groups is 1. The van der Waals surface area contributed by atoms with Gasteiger partial charge in [-0.3, -0.25) is 4.79 Å². The molecule has 0 bridgehead atoms. The fraction of sp³-hybridized carbons (Fsp3) is 0.136. The summed E-state index contributed by atoms with van der Waals surface area (Å²) in [7, 11) is 1.60. The molecule has 1 unspecified atom stereocenters. The molecular weight excluding hydrogens is 389 g/mol. The second-order valence-electron chi connectivity index (χ2n) is 6.56. The highest BCUT2D eigenvalue weighted by Crippen LogP contribution is 2.39. The van der Waals surface area contributed by atoms with Crippen LogP contribution in [-0.2, 0) is 19.9 Å². The Morgan fingerprint density at radius 2 is 1.93 bits per heavy atom. The molecule has 152 valence electrons. The summed E-state index contributed by atoms with van der Waals surface area (Å²) in [6.45, 7) is 0.441. The molecule has 0 saturated carbocycles. The second-order valence-corrected chi connectivity index (χ2v) is 6.56. The smallest absolute Gasteiger partial charge is 0.320 e. The van der Waals surface area contributed by atoms with Crippen LogP contribution in [0.4, 0.5) is 4.39 Å². The van der Waals surface area contributed by atoms with E-state index < -0.39 is 11.5 Å². The summed E-state index contributed by atoms with van der Waals surface area (Å²) < 4.78 is 24.1. The van der Waals surface area contributed by atoms with Crippen molar-refractivity contribution in [1.82, 2.24) is 10.5 Å². The zero-order valence-electron chi connectivity index (χ0n) is 16.0. The molecular formula is C22H18FN3O4. The molecule has 7 nitrogen and oxygen atoms in total. The van der Waals surface area contributed by atoms with Crippen LogP contribution in [0.25, 0.3) is 11.1 Å². The highest BCUT2D eigenvalue weighted by molar-refractivity contribution is 5.77. The highest BCUT2D eigenvalue weighted by Gasteiger charge is 2.41. The third kappa shape index (κ3) is 3.67. The number of benzene rings is 2. The molecule has 3 aromatic rings. The van der Waals surface area contributed by atoms with Crippen LogP contribution in [0, 0.1) is 5.95 Å². The van der Waals surface area contributed by atoms with Crippen molar-refractivity contribution in [3.05, 3.63) is 83.9 Å². The van der Waals surface area contributed by atoms with Gasteiger partial charge in [-0.15, -0.1) is 0 Å². The molecule has 1 atom stereocenters. The second kappa shape index (κ2) is 8.20. The molecule has 2 aromatic carbocycles. The van der Waals surface area contributed by atoms with Crippen molar-refractivity contribution in [2.75, 3.05) is 13.7 Å². The average Bonchev–Trinajstić information content (AvgIpc) is 3.24. The van der Waals surface area contributed by atoms with Crippen molar-refractivity contribution < 1.29 is 23.5 Å². The number of hydrogen-bond donors (Lipinski definition) is 1. The van der Waals surface area contributed by atoms with Gasteiger partial charge < -0.3 is 14.3 Å². The monoisotopic (exact) mass is 407 g/mol. The Balaban J connectivity index is 1.80. The summed E-state index contributed by atoms with van der Waals surface area (Å²) in [5, 5.41) is 0. The van der Waals surface area contributed by atoms with Gasteiger partial charge in [-0.25, -0.2) is 9.98 Å². The van der Waals surface area contributed by atoms with Gasteiger partial charge in [0.05, 0.1) is 7.11 Å². The van der Waals surface area contributed by atoms with Crippen LogP contribution in [0.1, 0.15) is 11.1 Å². The van der Waals surface area contributed by atoms with Gasteiger partial charge in [-0.05, 0) is 47.0 Å². The van der Waals surface area contributed by atoms with E-state index in [9.17, 15) is 9.18 Å². The Kier molecular flexibility index (Phi) is 5.30. The molecule has 2 heterocycles. The largest absolute Gasteiger partial charge is 0.497 e. The number of ether oxygens (including phenoxy) is 2. The summed E-state index contributed by atoms with van der Waals surface area (Å²) in [5.74, 6) is 0.176. The first-order chi connectivity index (χ1) is 14.6. The van der Waals surface area contributed by atoms with Gasteiger partial charge in [0.1, 0.15) is 12.4 Å². The lowest BCUT2D eigenvalue weighted by molar-refractivity contribution is -0.132. The maximum absolute atomic E-state index is 13.2. The summed E-state index contributed by atoms with van der Waals surface area (Å²) in [5.41, 5.74) is 4.83. The van der Waals surface area contributed by atoms with E-state index in [1.165, 1.54) is 12.3 Å². The van der Waals surface area contributed by atoms with E-state index in [1.54, 1.807) is 13.2 Å². The number of carbonyl (C=O) groups is 1. The Morgan fingerprint density at radius 1 is 1.10 bits per heavy atom. The summed E-state index contributed by atoms with van der Waals surface area (Å²) in [4.78, 5) is 23.5. The number of aromatic nitrogens is 1. The van der Waals surface area contributed by atoms with Crippen LogP contribution in [0.2, 0.25) is 0 Å². The summed E-state index contributed by atoms with van der Waals surface area (Å²) in [6, 6.07) is 18.3. The van der Waals surface area contributed by atoms with Crippen molar-refractivity contribution >= 4 is 12.5 Å². The van der Waals surface area contributed by atoms with Crippen LogP contribution in [-0.4, -0.2) is 31.2 Å². The van der Waals surface area contributed by atoms with Crippen molar-refractivity contribution in [2.24, 2.45) is 4.99 Å². The van der Waals surface area contributed by atoms with E-state index in [2.05, 4.69) is 20.3 Å². The number of rotatable bonds is 6. The summed E-state index contributed by atoms with van der Waals surface area (Å²) in [6.07, 6.45) is 1.48. The third-order valence-electron chi connectivity index (χ3n) is 4.87. The number of pyridine rings is 1. The van der Waals surface area contributed by atoms with Crippen molar-refractivity contribution in [3.8, 4) is 16.9 Å². The van der Waals surface area contributed by atoms with Gasteiger partial charge in [0.15, 0.2) is 5.54 Å². The average molecular weight is 407 g/mol. The van der Waals surface area contributed by atoms with Crippen LogP contribution in [0.15, 0.2) is 71.9 Å². The third-order valence-corrected chi connectivity index (χ3v) is 4.87. The zero-order chi connectivity index (χ0) is 21.0. The van der Waals surface area contributed by atoms with E-state index >= 15 is 0 Å².